The number of methoxy groups -OCH3 is 1. The molecule has 2 N–H and O–H groups in total. The fraction of sp³-hybridized carbons (Fsp3) is 0.500. The van der Waals surface area contributed by atoms with Crippen LogP contribution in [0.25, 0.3) is 0 Å². The van der Waals surface area contributed by atoms with Crippen LogP contribution in [0.2, 0.25) is 0 Å². The first-order valence-electron chi connectivity index (χ1n) is 5.65. The molecule has 0 saturated carbocycles. The summed E-state index contributed by atoms with van der Waals surface area (Å²) in [6, 6.07) is 3.74. The quantitative estimate of drug-likeness (QED) is 0.869. The number of hydrogen-bond donors (Lipinski definition) is 1. The Bertz CT molecular complexity index is 526. The van der Waals surface area contributed by atoms with E-state index < -0.39 is 10.0 Å². The first kappa shape index (κ1) is 14.8. The number of sulfonamides is 1. The molecule has 1 rings (SSSR count). The van der Waals surface area contributed by atoms with E-state index in [1.807, 2.05) is 26.0 Å². The van der Waals surface area contributed by atoms with Crippen molar-refractivity contribution in [2.24, 2.45) is 5.73 Å². The van der Waals surface area contributed by atoms with Gasteiger partial charge in [0.2, 0.25) is 10.0 Å². The first-order chi connectivity index (χ1) is 8.33. The highest BCUT2D eigenvalue weighted by Gasteiger charge is 2.22. The zero-order valence-electron chi connectivity index (χ0n) is 11.2. The lowest BCUT2D eigenvalue weighted by Gasteiger charge is -2.23. The third kappa shape index (κ3) is 2.94. The number of rotatable bonds is 5. The molecule has 102 valence electrons. The Labute approximate surface area is 109 Å². The standard InChI is InChI=1S/C12H20N2O3S/c1-9-7-10(2)12(11(8-9)17-4)14(3)18(15,16)6-5-13/h7-8H,5-6,13H2,1-4H3. The average Bonchev–Trinajstić information content (AvgIpc) is 2.27. The molecule has 0 unspecified atom stereocenters. The monoisotopic (exact) mass is 272 g/mol. The maximum atomic E-state index is 12.0. The third-order valence-electron chi connectivity index (χ3n) is 2.74. The minimum absolute atomic E-state index is 0.0834. The highest BCUT2D eigenvalue weighted by Crippen LogP contribution is 2.33. The molecule has 0 aromatic heterocycles. The number of anilines is 1. The Kier molecular flexibility index (Phi) is 4.59. The van der Waals surface area contributed by atoms with Gasteiger partial charge in [-0.2, -0.15) is 0 Å². The first-order valence-corrected chi connectivity index (χ1v) is 7.26. The molecular formula is C12H20N2O3S. The highest BCUT2D eigenvalue weighted by molar-refractivity contribution is 7.92. The second-order valence-electron chi connectivity index (χ2n) is 4.20. The van der Waals surface area contributed by atoms with Gasteiger partial charge in [-0.15, -0.1) is 0 Å². The molecule has 0 aliphatic carbocycles. The largest absolute Gasteiger partial charge is 0.495 e. The minimum Gasteiger partial charge on any atom is -0.495 e. The summed E-state index contributed by atoms with van der Waals surface area (Å²) in [5, 5.41) is 0. The van der Waals surface area contributed by atoms with Gasteiger partial charge in [0.05, 0.1) is 18.6 Å². The Morgan fingerprint density at radius 3 is 2.44 bits per heavy atom. The number of hydrogen-bond acceptors (Lipinski definition) is 4. The summed E-state index contributed by atoms with van der Waals surface area (Å²) in [4.78, 5) is 0. The lowest BCUT2D eigenvalue weighted by Crippen LogP contribution is -2.32. The van der Waals surface area contributed by atoms with E-state index in [0.29, 0.717) is 11.4 Å². The van der Waals surface area contributed by atoms with Crippen molar-refractivity contribution in [3.63, 3.8) is 0 Å². The van der Waals surface area contributed by atoms with Gasteiger partial charge in [-0.3, -0.25) is 4.31 Å². The van der Waals surface area contributed by atoms with E-state index in [1.165, 1.54) is 18.5 Å². The number of benzene rings is 1. The van der Waals surface area contributed by atoms with Crippen molar-refractivity contribution in [2.45, 2.75) is 13.8 Å². The van der Waals surface area contributed by atoms with Crippen molar-refractivity contribution in [1.29, 1.82) is 0 Å². The van der Waals surface area contributed by atoms with E-state index in [9.17, 15) is 8.42 Å². The fourth-order valence-corrected chi connectivity index (χ4v) is 2.99. The Balaban J connectivity index is 3.33. The van der Waals surface area contributed by atoms with E-state index in [-0.39, 0.29) is 12.3 Å². The predicted molar refractivity (Wildman–Crippen MR) is 73.7 cm³/mol. The minimum atomic E-state index is -3.40. The number of ether oxygens (including phenoxy) is 1. The van der Waals surface area contributed by atoms with E-state index in [2.05, 4.69) is 0 Å². The molecule has 0 amide bonds. The maximum Gasteiger partial charge on any atom is 0.236 e. The van der Waals surface area contributed by atoms with E-state index in [0.717, 1.165) is 11.1 Å². The van der Waals surface area contributed by atoms with Crippen molar-refractivity contribution >= 4 is 15.7 Å². The summed E-state index contributed by atoms with van der Waals surface area (Å²) < 4.78 is 30.6. The molecule has 6 heteroatoms. The highest BCUT2D eigenvalue weighted by atomic mass is 32.2. The third-order valence-corrected chi connectivity index (χ3v) is 4.51. The molecule has 18 heavy (non-hydrogen) atoms. The normalized spacial score (nSPS) is 11.4. The van der Waals surface area contributed by atoms with Crippen molar-refractivity contribution in [1.82, 2.24) is 0 Å². The number of nitrogens with two attached hydrogens (primary N) is 1. The summed E-state index contributed by atoms with van der Waals surface area (Å²) in [6.45, 7) is 3.90. The van der Waals surface area contributed by atoms with Gasteiger partial charge in [-0.1, -0.05) is 6.07 Å². The Hall–Kier alpha value is -1.27. The molecule has 0 saturated heterocycles. The molecule has 0 spiro atoms. The summed E-state index contributed by atoms with van der Waals surface area (Å²) in [6.07, 6.45) is 0. The van der Waals surface area contributed by atoms with Crippen LogP contribution in [0.3, 0.4) is 0 Å². The molecule has 0 fully saturated rings. The SMILES string of the molecule is COc1cc(C)cc(C)c1N(C)S(=O)(=O)CCN. The smallest absolute Gasteiger partial charge is 0.236 e. The molecule has 5 nitrogen and oxygen atoms in total. The number of nitrogens with zero attached hydrogens (tertiary/aromatic N) is 1. The van der Waals surface area contributed by atoms with Gasteiger partial charge in [-0.25, -0.2) is 8.42 Å². The number of aryl methyl sites for hydroxylation is 2. The summed E-state index contributed by atoms with van der Waals surface area (Å²) in [7, 11) is -0.355. The van der Waals surface area contributed by atoms with Gasteiger partial charge < -0.3 is 10.5 Å². The topological polar surface area (TPSA) is 72.6 Å². The van der Waals surface area contributed by atoms with Crippen molar-refractivity contribution in [3.8, 4) is 5.75 Å². The lowest BCUT2D eigenvalue weighted by molar-refractivity contribution is 0.415. The van der Waals surface area contributed by atoms with Crippen molar-refractivity contribution < 1.29 is 13.2 Å². The van der Waals surface area contributed by atoms with Gasteiger partial charge in [-0.05, 0) is 31.0 Å². The maximum absolute atomic E-state index is 12.0. The molecular weight excluding hydrogens is 252 g/mol. The molecule has 0 heterocycles. The molecule has 0 radical (unpaired) electrons. The van der Waals surface area contributed by atoms with Crippen LogP contribution in [0.5, 0.6) is 5.75 Å². The molecule has 0 aliphatic rings. The zero-order chi connectivity index (χ0) is 13.9. The van der Waals surface area contributed by atoms with Crippen LogP contribution in [-0.2, 0) is 10.0 Å². The van der Waals surface area contributed by atoms with Crippen LogP contribution in [0.4, 0.5) is 5.69 Å². The lowest BCUT2D eigenvalue weighted by atomic mass is 10.1. The van der Waals surface area contributed by atoms with Crippen LogP contribution >= 0.6 is 0 Å². The van der Waals surface area contributed by atoms with E-state index in [1.54, 1.807) is 0 Å². The second kappa shape index (κ2) is 5.58. The Morgan fingerprint density at radius 2 is 1.94 bits per heavy atom. The predicted octanol–water partition coefficient (Wildman–Crippen LogP) is 1.04. The van der Waals surface area contributed by atoms with Gasteiger partial charge >= 0.3 is 0 Å². The molecule has 0 atom stereocenters. The fourth-order valence-electron chi connectivity index (χ4n) is 1.91. The van der Waals surface area contributed by atoms with Gasteiger partial charge in [0.25, 0.3) is 0 Å². The van der Waals surface area contributed by atoms with Crippen molar-refractivity contribution in [2.75, 3.05) is 30.8 Å². The van der Waals surface area contributed by atoms with Crippen LogP contribution in [0.15, 0.2) is 12.1 Å². The summed E-state index contributed by atoms with van der Waals surface area (Å²) >= 11 is 0. The van der Waals surface area contributed by atoms with Gasteiger partial charge in [0, 0.05) is 13.6 Å². The van der Waals surface area contributed by atoms with Crippen LogP contribution < -0.4 is 14.8 Å². The summed E-state index contributed by atoms with van der Waals surface area (Å²) in [5.41, 5.74) is 7.77. The molecule has 1 aromatic carbocycles. The van der Waals surface area contributed by atoms with Gasteiger partial charge in [0.15, 0.2) is 0 Å². The van der Waals surface area contributed by atoms with Crippen LogP contribution in [-0.4, -0.2) is 34.9 Å². The average molecular weight is 272 g/mol. The van der Waals surface area contributed by atoms with Crippen LogP contribution in [0.1, 0.15) is 11.1 Å². The van der Waals surface area contributed by atoms with E-state index >= 15 is 0 Å². The zero-order valence-corrected chi connectivity index (χ0v) is 12.0. The second-order valence-corrected chi connectivity index (χ2v) is 6.32. The summed E-state index contributed by atoms with van der Waals surface area (Å²) in [5.74, 6) is 0.468. The van der Waals surface area contributed by atoms with Crippen LogP contribution in [0, 0.1) is 13.8 Å². The molecule has 1 aromatic rings. The van der Waals surface area contributed by atoms with Gasteiger partial charge in [0.1, 0.15) is 5.75 Å². The van der Waals surface area contributed by atoms with Crippen molar-refractivity contribution in [3.05, 3.63) is 23.3 Å². The molecule has 0 bridgehead atoms. The van der Waals surface area contributed by atoms with E-state index in [4.69, 9.17) is 10.5 Å². The molecule has 0 aliphatic heterocycles. The Morgan fingerprint density at radius 1 is 1.33 bits per heavy atom.